The van der Waals surface area contributed by atoms with Crippen molar-refractivity contribution in [3.63, 3.8) is 0 Å². The maximum atomic E-state index is 10.3. The molecule has 0 fully saturated rings. The molecule has 0 unspecified atom stereocenters. The summed E-state index contributed by atoms with van der Waals surface area (Å²) >= 11 is 0. The quantitative estimate of drug-likeness (QED) is 0.582. The van der Waals surface area contributed by atoms with Crippen molar-refractivity contribution < 1.29 is 14.6 Å². The van der Waals surface area contributed by atoms with Gasteiger partial charge in [0.1, 0.15) is 12.4 Å². The van der Waals surface area contributed by atoms with Gasteiger partial charge in [-0.2, -0.15) is 0 Å². The average Bonchev–Trinajstić information content (AvgIpc) is 2.40. The molecule has 58 valence electrons. The Kier molecular flexibility index (Phi) is 4.58. The lowest BCUT2D eigenvalue weighted by Crippen LogP contribution is -1.94. The van der Waals surface area contributed by atoms with Gasteiger partial charge in [0.25, 0.3) is 0 Å². The zero-order chi connectivity index (χ0) is 7.98. The van der Waals surface area contributed by atoms with E-state index in [2.05, 4.69) is 4.74 Å². The van der Waals surface area contributed by atoms with Crippen LogP contribution < -0.4 is 0 Å². The Balaban J connectivity index is 0.000000371. The first-order valence-corrected chi connectivity index (χ1v) is 3.30. The number of hydrogen-bond donors (Lipinski definition) is 1. The molecule has 0 aromatic heterocycles. The van der Waals surface area contributed by atoms with E-state index < -0.39 is 0 Å². The Bertz CT molecular complexity index is 138. The van der Waals surface area contributed by atoms with E-state index >= 15 is 0 Å². The minimum Gasteiger partial charge on any atom is -0.487 e. The summed E-state index contributed by atoms with van der Waals surface area (Å²) in [7, 11) is 0. The molecule has 1 rings (SSSR count). The third kappa shape index (κ3) is 2.64. The molecule has 10 heavy (non-hydrogen) atoms. The monoisotopic (exact) mass is 144 g/mol. The minimum atomic E-state index is -0.175. The first-order chi connectivity index (χ1) is 4.83. The van der Waals surface area contributed by atoms with Gasteiger partial charge in [-0.25, -0.2) is 0 Å². The Morgan fingerprint density at radius 2 is 2.30 bits per heavy atom. The molecule has 0 atom stereocenters. The maximum absolute atomic E-state index is 10.3. The van der Waals surface area contributed by atoms with Crippen LogP contribution in [0.15, 0.2) is 11.8 Å². The molecule has 1 heterocycles. The first kappa shape index (κ1) is 9.17. The summed E-state index contributed by atoms with van der Waals surface area (Å²) < 4.78 is 4.68. The fourth-order valence-corrected chi connectivity index (χ4v) is 0.518. The van der Waals surface area contributed by atoms with Crippen LogP contribution in [0, 0.1) is 0 Å². The predicted octanol–water partition coefficient (Wildman–Crippen LogP) is 0.488. The van der Waals surface area contributed by atoms with Crippen LogP contribution in [0.4, 0.5) is 0 Å². The number of carbonyl (C=O) groups is 1. The standard InChI is InChI=1S/C5H6O3.C2H6/c6-2-5-1-4(7)3-8-5;1-2/h1,6H,2-3H2;1-2H3. The topological polar surface area (TPSA) is 46.5 Å². The second-order valence-electron chi connectivity index (χ2n) is 1.52. The summed E-state index contributed by atoms with van der Waals surface area (Å²) in [6.45, 7) is 3.92. The van der Waals surface area contributed by atoms with Crippen LogP contribution in [-0.2, 0) is 9.53 Å². The zero-order valence-electron chi connectivity index (χ0n) is 6.26. The summed E-state index contributed by atoms with van der Waals surface area (Å²) in [6, 6.07) is 0. The van der Waals surface area contributed by atoms with Crippen molar-refractivity contribution in [3.8, 4) is 0 Å². The van der Waals surface area contributed by atoms with Crippen molar-refractivity contribution in [2.45, 2.75) is 13.8 Å². The molecule has 0 aromatic carbocycles. The average molecular weight is 144 g/mol. The molecule has 0 amide bonds. The van der Waals surface area contributed by atoms with Gasteiger partial charge in [0.2, 0.25) is 0 Å². The van der Waals surface area contributed by atoms with Gasteiger partial charge in [0.05, 0.1) is 0 Å². The molecule has 0 saturated carbocycles. The highest BCUT2D eigenvalue weighted by atomic mass is 16.5. The van der Waals surface area contributed by atoms with Gasteiger partial charge < -0.3 is 9.84 Å². The summed E-state index contributed by atoms with van der Waals surface area (Å²) in [6.07, 6.45) is 1.31. The van der Waals surface area contributed by atoms with Crippen LogP contribution in [0.25, 0.3) is 0 Å². The van der Waals surface area contributed by atoms with Crippen molar-refractivity contribution in [2.75, 3.05) is 13.2 Å². The highest BCUT2D eigenvalue weighted by molar-refractivity contribution is 5.93. The van der Waals surface area contributed by atoms with Gasteiger partial charge in [-0.15, -0.1) is 0 Å². The summed E-state index contributed by atoms with van der Waals surface area (Å²) in [5.74, 6) is 0.295. The zero-order valence-corrected chi connectivity index (χ0v) is 6.26. The molecular formula is C7H12O3. The number of ketones is 1. The molecule has 1 aliphatic heterocycles. The number of hydrogen-bond acceptors (Lipinski definition) is 3. The van der Waals surface area contributed by atoms with Crippen LogP contribution >= 0.6 is 0 Å². The first-order valence-electron chi connectivity index (χ1n) is 3.30. The van der Waals surface area contributed by atoms with Crippen molar-refractivity contribution in [3.05, 3.63) is 11.8 Å². The number of aliphatic hydroxyl groups excluding tert-OH is 1. The van der Waals surface area contributed by atoms with Crippen LogP contribution in [0.2, 0.25) is 0 Å². The van der Waals surface area contributed by atoms with Crippen molar-refractivity contribution in [1.29, 1.82) is 0 Å². The Labute approximate surface area is 60.3 Å². The summed E-state index contributed by atoms with van der Waals surface area (Å²) in [5.41, 5.74) is 0. The van der Waals surface area contributed by atoms with Crippen molar-refractivity contribution >= 4 is 5.78 Å². The molecule has 0 aromatic rings. The van der Waals surface area contributed by atoms with Crippen LogP contribution in [-0.4, -0.2) is 24.1 Å². The van der Waals surface area contributed by atoms with Crippen molar-refractivity contribution in [2.24, 2.45) is 0 Å². The normalized spacial score (nSPS) is 15.1. The second-order valence-corrected chi connectivity index (χ2v) is 1.52. The fourth-order valence-electron chi connectivity index (χ4n) is 0.518. The Morgan fingerprint density at radius 3 is 2.50 bits per heavy atom. The lowest BCUT2D eigenvalue weighted by Gasteiger charge is -1.93. The van der Waals surface area contributed by atoms with Gasteiger partial charge in [-0.3, -0.25) is 4.79 Å². The number of ether oxygens (including phenoxy) is 1. The Hall–Kier alpha value is -0.830. The molecule has 0 spiro atoms. The summed E-state index contributed by atoms with van der Waals surface area (Å²) in [4.78, 5) is 10.3. The fraction of sp³-hybridized carbons (Fsp3) is 0.571. The lowest BCUT2D eigenvalue weighted by molar-refractivity contribution is -0.115. The highest BCUT2D eigenvalue weighted by Gasteiger charge is 2.10. The molecule has 3 heteroatoms. The van der Waals surface area contributed by atoms with E-state index in [1.807, 2.05) is 13.8 Å². The third-order valence-corrected chi connectivity index (χ3v) is 0.878. The maximum Gasteiger partial charge on any atom is 0.196 e. The summed E-state index contributed by atoms with van der Waals surface area (Å²) in [5, 5.41) is 8.34. The third-order valence-electron chi connectivity index (χ3n) is 0.878. The highest BCUT2D eigenvalue weighted by Crippen LogP contribution is 2.03. The van der Waals surface area contributed by atoms with E-state index in [1.165, 1.54) is 6.08 Å². The number of aliphatic hydroxyl groups is 1. The van der Waals surface area contributed by atoms with Crippen LogP contribution in [0.3, 0.4) is 0 Å². The Morgan fingerprint density at radius 1 is 1.70 bits per heavy atom. The minimum absolute atomic E-state index is 0.0750. The smallest absolute Gasteiger partial charge is 0.196 e. The molecule has 0 aliphatic carbocycles. The predicted molar refractivity (Wildman–Crippen MR) is 37.5 cm³/mol. The van der Waals surface area contributed by atoms with E-state index in [-0.39, 0.29) is 19.0 Å². The molecule has 1 aliphatic rings. The van der Waals surface area contributed by atoms with E-state index in [0.29, 0.717) is 5.76 Å². The van der Waals surface area contributed by atoms with E-state index in [4.69, 9.17) is 5.11 Å². The number of rotatable bonds is 1. The number of carbonyl (C=O) groups excluding carboxylic acids is 1. The largest absolute Gasteiger partial charge is 0.487 e. The second kappa shape index (κ2) is 4.99. The van der Waals surface area contributed by atoms with E-state index in [9.17, 15) is 4.79 Å². The molecule has 0 saturated heterocycles. The van der Waals surface area contributed by atoms with Gasteiger partial charge in [-0.05, 0) is 0 Å². The molecular weight excluding hydrogens is 132 g/mol. The van der Waals surface area contributed by atoms with Crippen molar-refractivity contribution in [1.82, 2.24) is 0 Å². The molecule has 0 radical (unpaired) electrons. The van der Waals surface area contributed by atoms with Crippen LogP contribution in [0.1, 0.15) is 13.8 Å². The molecule has 0 bridgehead atoms. The molecule has 1 N–H and O–H groups in total. The van der Waals surface area contributed by atoms with Gasteiger partial charge >= 0.3 is 0 Å². The van der Waals surface area contributed by atoms with E-state index in [1.54, 1.807) is 0 Å². The van der Waals surface area contributed by atoms with Crippen LogP contribution in [0.5, 0.6) is 0 Å². The van der Waals surface area contributed by atoms with E-state index in [0.717, 1.165) is 0 Å². The molecule has 3 nitrogen and oxygen atoms in total. The van der Waals surface area contributed by atoms with Gasteiger partial charge in [-0.1, -0.05) is 13.8 Å². The van der Waals surface area contributed by atoms with Gasteiger partial charge in [0.15, 0.2) is 12.4 Å². The van der Waals surface area contributed by atoms with Gasteiger partial charge in [0, 0.05) is 6.08 Å². The SMILES string of the molecule is CC.O=C1C=C(CO)OC1. The lowest BCUT2D eigenvalue weighted by atomic mass is 10.4.